The van der Waals surface area contributed by atoms with Crippen LogP contribution in [0.15, 0.2) is 24.3 Å². The highest BCUT2D eigenvalue weighted by Gasteiger charge is 2.35. The molecule has 6 nitrogen and oxygen atoms in total. The molecule has 0 bridgehead atoms. The molecule has 0 amide bonds. The van der Waals surface area contributed by atoms with Crippen molar-refractivity contribution in [1.29, 1.82) is 5.26 Å². The van der Waals surface area contributed by atoms with Crippen LogP contribution >= 0.6 is 0 Å². The van der Waals surface area contributed by atoms with E-state index in [1.54, 1.807) is 17.0 Å². The number of carboxylic acid groups (broad SMARTS) is 1. The molecule has 0 aliphatic carbocycles. The lowest BCUT2D eigenvalue weighted by molar-refractivity contribution is -0.143. The number of halogens is 3. The molecular formula is C16H13F3N4O2. The molecule has 1 saturated heterocycles. The number of rotatable bonds is 3. The summed E-state index contributed by atoms with van der Waals surface area (Å²) in [5.74, 6) is -1.36. The molecule has 2 heterocycles. The Labute approximate surface area is 140 Å². The summed E-state index contributed by atoms with van der Waals surface area (Å²) in [4.78, 5) is 12.6. The monoisotopic (exact) mass is 350 g/mol. The predicted molar refractivity (Wildman–Crippen MR) is 81.7 cm³/mol. The number of carbonyl (C=O) groups is 1. The molecule has 130 valence electrons. The fraction of sp³-hybridized carbons (Fsp3) is 0.312. The Balaban J connectivity index is 1.92. The van der Waals surface area contributed by atoms with Gasteiger partial charge in [0.15, 0.2) is 5.69 Å². The van der Waals surface area contributed by atoms with Crippen LogP contribution in [0.1, 0.15) is 11.3 Å². The number of carboxylic acids is 1. The summed E-state index contributed by atoms with van der Waals surface area (Å²) in [6.45, 7) is 0.598. The van der Waals surface area contributed by atoms with Crippen molar-refractivity contribution in [2.45, 2.75) is 6.18 Å². The molecule has 3 rings (SSSR count). The Morgan fingerprint density at radius 1 is 1.36 bits per heavy atom. The quantitative estimate of drug-likeness (QED) is 0.920. The molecule has 2 aromatic rings. The molecule has 0 spiro atoms. The van der Waals surface area contributed by atoms with Gasteiger partial charge in [0.2, 0.25) is 0 Å². The van der Waals surface area contributed by atoms with Crippen LogP contribution in [0, 0.1) is 17.2 Å². The zero-order valence-corrected chi connectivity index (χ0v) is 13.1. The van der Waals surface area contributed by atoms with Crippen LogP contribution in [0.4, 0.5) is 18.9 Å². The third-order valence-corrected chi connectivity index (χ3v) is 4.15. The van der Waals surface area contributed by atoms with Gasteiger partial charge < -0.3 is 10.0 Å². The van der Waals surface area contributed by atoms with E-state index in [2.05, 4.69) is 5.10 Å². The first-order valence-corrected chi connectivity index (χ1v) is 7.34. The highest BCUT2D eigenvalue weighted by molar-refractivity contribution is 5.77. The maximum atomic E-state index is 12.8. The Hall–Kier alpha value is -3.02. The number of benzene rings is 1. The van der Waals surface area contributed by atoms with E-state index in [1.807, 2.05) is 6.07 Å². The summed E-state index contributed by atoms with van der Waals surface area (Å²) in [6.07, 6.45) is -4.54. The summed E-state index contributed by atoms with van der Waals surface area (Å²) >= 11 is 0. The second kappa shape index (κ2) is 5.81. The Kier molecular flexibility index (Phi) is 3.91. The van der Waals surface area contributed by atoms with Gasteiger partial charge >= 0.3 is 12.1 Å². The molecule has 9 heteroatoms. The van der Waals surface area contributed by atoms with Crippen molar-refractivity contribution in [3.05, 3.63) is 35.5 Å². The van der Waals surface area contributed by atoms with Gasteiger partial charge in [0.05, 0.1) is 22.9 Å². The minimum atomic E-state index is -4.54. The Morgan fingerprint density at radius 3 is 2.56 bits per heavy atom. The van der Waals surface area contributed by atoms with Gasteiger partial charge in [0, 0.05) is 25.7 Å². The van der Waals surface area contributed by atoms with Gasteiger partial charge in [-0.2, -0.15) is 23.5 Å². The average Bonchev–Trinajstić information content (AvgIpc) is 2.87. The Morgan fingerprint density at radius 2 is 2.04 bits per heavy atom. The van der Waals surface area contributed by atoms with Crippen LogP contribution in [0.2, 0.25) is 0 Å². The minimum Gasteiger partial charge on any atom is -0.481 e. The average molecular weight is 350 g/mol. The molecule has 1 fully saturated rings. The van der Waals surface area contributed by atoms with Crippen molar-refractivity contribution in [2.75, 3.05) is 18.0 Å². The summed E-state index contributed by atoms with van der Waals surface area (Å²) in [5, 5.41) is 21.7. The van der Waals surface area contributed by atoms with E-state index in [4.69, 9.17) is 5.11 Å². The van der Waals surface area contributed by atoms with Crippen LogP contribution in [-0.4, -0.2) is 33.9 Å². The lowest BCUT2D eigenvalue weighted by Gasteiger charge is -2.39. The molecule has 1 aliphatic rings. The van der Waals surface area contributed by atoms with Gasteiger partial charge in [0.25, 0.3) is 0 Å². The lowest BCUT2D eigenvalue weighted by atomic mass is 9.97. The number of hydrogen-bond donors (Lipinski definition) is 1. The third-order valence-electron chi connectivity index (χ3n) is 4.15. The van der Waals surface area contributed by atoms with E-state index in [0.29, 0.717) is 24.3 Å². The van der Waals surface area contributed by atoms with E-state index < -0.39 is 23.8 Å². The van der Waals surface area contributed by atoms with E-state index in [0.717, 1.165) is 10.7 Å². The standard InChI is InChI=1S/C16H13F3N4O2/c1-22-13(5-14(21-22)16(17,18)19)9-2-3-12(10(4-9)6-20)23-7-11(8-23)15(24)25/h2-5,11H,7-8H2,1H3,(H,24,25). The van der Waals surface area contributed by atoms with Crippen molar-refractivity contribution < 1.29 is 23.1 Å². The molecule has 1 N–H and O–H groups in total. The zero-order chi connectivity index (χ0) is 18.4. The number of alkyl halides is 3. The smallest absolute Gasteiger partial charge is 0.435 e. The van der Waals surface area contributed by atoms with Gasteiger partial charge in [0.1, 0.15) is 6.07 Å². The molecule has 0 saturated carbocycles. The van der Waals surface area contributed by atoms with Gasteiger partial charge in [-0.05, 0) is 18.2 Å². The molecule has 1 aliphatic heterocycles. The maximum absolute atomic E-state index is 12.8. The van der Waals surface area contributed by atoms with Gasteiger partial charge in [-0.3, -0.25) is 9.48 Å². The van der Waals surface area contributed by atoms with Crippen molar-refractivity contribution in [1.82, 2.24) is 9.78 Å². The lowest BCUT2D eigenvalue weighted by Crippen LogP contribution is -2.50. The van der Waals surface area contributed by atoms with E-state index in [1.165, 1.54) is 13.1 Å². The molecular weight excluding hydrogens is 337 g/mol. The number of anilines is 1. The topological polar surface area (TPSA) is 82.2 Å². The SMILES string of the molecule is Cn1nc(C(F)(F)F)cc1-c1ccc(N2CC(C(=O)O)C2)c(C#N)c1. The molecule has 25 heavy (non-hydrogen) atoms. The zero-order valence-electron chi connectivity index (χ0n) is 13.1. The minimum absolute atomic E-state index is 0.238. The predicted octanol–water partition coefficient (Wildman–Crippen LogP) is 2.50. The highest BCUT2D eigenvalue weighted by atomic mass is 19.4. The number of aromatic nitrogens is 2. The highest BCUT2D eigenvalue weighted by Crippen LogP contribution is 2.34. The van der Waals surface area contributed by atoms with Gasteiger partial charge in [-0.15, -0.1) is 0 Å². The molecule has 0 atom stereocenters. The van der Waals surface area contributed by atoms with Crippen LogP contribution in [0.3, 0.4) is 0 Å². The van der Waals surface area contributed by atoms with E-state index in [-0.39, 0.29) is 11.3 Å². The number of nitrogens with zero attached hydrogens (tertiary/aromatic N) is 4. The molecule has 0 radical (unpaired) electrons. The fourth-order valence-corrected chi connectivity index (χ4v) is 2.77. The van der Waals surface area contributed by atoms with Gasteiger partial charge in [-0.1, -0.05) is 6.07 Å². The summed E-state index contributed by atoms with van der Waals surface area (Å²) in [6, 6.07) is 7.65. The van der Waals surface area contributed by atoms with Crippen molar-refractivity contribution in [3.63, 3.8) is 0 Å². The second-order valence-electron chi connectivity index (χ2n) is 5.82. The van der Waals surface area contributed by atoms with Crippen LogP contribution in [-0.2, 0) is 18.0 Å². The Bertz CT molecular complexity index is 876. The second-order valence-corrected chi connectivity index (χ2v) is 5.82. The van der Waals surface area contributed by atoms with E-state index >= 15 is 0 Å². The molecule has 0 unspecified atom stereocenters. The van der Waals surface area contributed by atoms with Crippen LogP contribution in [0.5, 0.6) is 0 Å². The van der Waals surface area contributed by atoms with Crippen molar-refractivity contribution in [3.8, 4) is 17.3 Å². The number of nitriles is 1. The molecule has 1 aromatic heterocycles. The van der Waals surface area contributed by atoms with E-state index in [9.17, 15) is 23.2 Å². The summed E-state index contributed by atoms with van der Waals surface area (Å²) in [5.41, 5.74) is 0.515. The van der Waals surface area contributed by atoms with Crippen molar-refractivity contribution >= 4 is 11.7 Å². The maximum Gasteiger partial charge on any atom is 0.435 e. The third kappa shape index (κ3) is 3.03. The number of aryl methyl sites for hydroxylation is 1. The first-order valence-electron chi connectivity index (χ1n) is 7.34. The van der Waals surface area contributed by atoms with Gasteiger partial charge in [-0.25, -0.2) is 0 Å². The first-order chi connectivity index (χ1) is 11.7. The largest absolute Gasteiger partial charge is 0.481 e. The van der Waals surface area contributed by atoms with Crippen LogP contribution in [0.25, 0.3) is 11.3 Å². The molecule has 1 aromatic carbocycles. The number of hydrogen-bond acceptors (Lipinski definition) is 4. The first kappa shape index (κ1) is 16.8. The summed E-state index contributed by atoms with van der Waals surface area (Å²) in [7, 11) is 1.40. The summed E-state index contributed by atoms with van der Waals surface area (Å²) < 4.78 is 39.5. The number of aliphatic carboxylic acids is 1. The van der Waals surface area contributed by atoms with Crippen molar-refractivity contribution in [2.24, 2.45) is 13.0 Å². The van der Waals surface area contributed by atoms with Crippen LogP contribution < -0.4 is 4.90 Å². The normalized spacial score (nSPS) is 14.9. The fourth-order valence-electron chi connectivity index (χ4n) is 2.77.